The summed E-state index contributed by atoms with van der Waals surface area (Å²) in [5.74, 6) is 0.691. The lowest BCUT2D eigenvalue weighted by molar-refractivity contribution is -0.138. The Balaban J connectivity index is 1.64. The molecular formula is C22H24F3NO4. The molecule has 1 atom stereocenters. The van der Waals surface area contributed by atoms with E-state index < -0.39 is 17.7 Å². The third-order valence-electron chi connectivity index (χ3n) is 5.13. The summed E-state index contributed by atoms with van der Waals surface area (Å²) in [6.07, 6.45) is -3.19. The van der Waals surface area contributed by atoms with Crippen molar-refractivity contribution in [1.29, 1.82) is 0 Å². The first kappa shape index (κ1) is 21.9. The fourth-order valence-corrected chi connectivity index (χ4v) is 3.55. The maximum absolute atomic E-state index is 12.7. The summed E-state index contributed by atoms with van der Waals surface area (Å²) in [7, 11) is 0. The quantitative estimate of drug-likeness (QED) is 0.608. The van der Waals surface area contributed by atoms with Gasteiger partial charge in [-0.15, -0.1) is 0 Å². The Bertz CT molecular complexity index is 942. The van der Waals surface area contributed by atoms with E-state index in [9.17, 15) is 18.0 Å². The van der Waals surface area contributed by atoms with Crippen LogP contribution in [0.2, 0.25) is 0 Å². The van der Waals surface area contributed by atoms with E-state index in [0.29, 0.717) is 42.2 Å². The van der Waals surface area contributed by atoms with Crippen LogP contribution in [-0.4, -0.2) is 16.1 Å². The van der Waals surface area contributed by atoms with Crippen molar-refractivity contribution < 1.29 is 32.2 Å². The van der Waals surface area contributed by atoms with Gasteiger partial charge >= 0.3 is 12.1 Å². The number of carboxylic acid groups (broad SMARTS) is 1. The SMILES string of the molecule is CC1=C(CCc2nc(C(C)C)c(CC(=O)O)o2)CC(c2ccc(C(F)(F)F)cc2)O1. The molecule has 30 heavy (non-hydrogen) atoms. The number of carboxylic acids is 1. The first-order chi connectivity index (χ1) is 14.0. The summed E-state index contributed by atoms with van der Waals surface area (Å²) in [5, 5.41) is 9.04. The van der Waals surface area contributed by atoms with E-state index in [1.807, 2.05) is 20.8 Å². The molecule has 0 saturated heterocycles. The molecule has 2 aromatic rings. The van der Waals surface area contributed by atoms with Crippen molar-refractivity contribution in [1.82, 2.24) is 4.98 Å². The first-order valence-corrected chi connectivity index (χ1v) is 9.77. The number of rotatable bonds is 7. The number of oxazole rings is 1. The number of alkyl halides is 3. The Morgan fingerprint density at radius 2 is 1.90 bits per heavy atom. The summed E-state index contributed by atoms with van der Waals surface area (Å²) in [6, 6.07) is 5.03. The molecule has 0 aliphatic carbocycles. The van der Waals surface area contributed by atoms with Crippen molar-refractivity contribution in [2.75, 3.05) is 0 Å². The third kappa shape index (κ3) is 5.04. The van der Waals surface area contributed by atoms with E-state index in [-0.39, 0.29) is 18.4 Å². The highest BCUT2D eigenvalue weighted by Gasteiger charge is 2.31. The number of ether oxygens (including phenoxy) is 1. The summed E-state index contributed by atoms with van der Waals surface area (Å²) in [4.78, 5) is 15.5. The number of hydrogen-bond acceptors (Lipinski definition) is 4. The number of hydrogen-bond donors (Lipinski definition) is 1. The predicted molar refractivity (Wildman–Crippen MR) is 103 cm³/mol. The average Bonchev–Trinajstić information content (AvgIpc) is 3.22. The Morgan fingerprint density at radius 3 is 2.47 bits per heavy atom. The van der Waals surface area contributed by atoms with Crippen LogP contribution in [0.5, 0.6) is 0 Å². The molecule has 0 bridgehead atoms. The van der Waals surface area contributed by atoms with Gasteiger partial charge in [-0.05, 0) is 42.5 Å². The number of allylic oxidation sites excluding steroid dienone is 1. The number of benzene rings is 1. The lowest BCUT2D eigenvalue weighted by Gasteiger charge is -2.13. The highest BCUT2D eigenvalue weighted by atomic mass is 19.4. The number of aliphatic carboxylic acids is 1. The fraction of sp³-hybridized carbons (Fsp3) is 0.455. The van der Waals surface area contributed by atoms with Crippen LogP contribution in [0.25, 0.3) is 0 Å². The monoisotopic (exact) mass is 423 g/mol. The standard InChI is InChI=1S/C22H24F3NO4/c1-12(2)21-18(11-20(27)28)30-19(26-21)9-6-15-10-17(29-13(15)3)14-4-7-16(8-5-14)22(23,24)25/h4-5,7-8,12,17H,6,9-11H2,1-3H3,(H,27,28). The van der Waals surface area contributed by atoms with Crippen molar-refractivity contribution in [3.8, 4) is 0 Å². The maximum atomic E-state index is 12.7. The third-order valence-corrected chi connectivity index (χ3v) is 5.13. The van der Waals surface area contributed by atoms with Crippen molar-refractivity contribution in [3.05, 3.63) is 64.1 Å². The molecule has 0 saturated carbocycles. The van der Waals surface area contributed by atoms with E-state index in [0.717, 1.165) is 23.5 Å². The van der Waals surface area contributed by atoms with Gasteiger partial charge in [0.2, 0.25) is 0 Å². The van der Waals surface area contributed by atoms with Crippen molar-refractivity contribution in [2.24, 2.45) is 0 Å². The van der Waals surface area contributed by atoms with Crippen LogP contribution in [0, 0.1) is 0 Å². The molecule has 0 spiro atoms. The van der Waals surface area contributed by atoms with Crippen LogP contribution in [0.3, 0.4) is 0 Å². The van der Waals surface area contributed by atoms with Crippen LogP contribution >= 0.6 is 0 Å². The molecule has 162 valence electrons. The average molecular weight is 423 g/mol. The number of aryl methyl sites for hydroxylation is 1. The zero-order valence-electron chi connectivity index (χ0n) is 17.0. The zero-order chi connectivity index (χ0) is 22.1. The lowest BCUT2D eigenvalue weighted by atomic mass is 9.99. The molecule has 1 aliphatic rings. The van der Waals surface area contributed by atoms with Gasteiger partial charge in [-0.3, -0.25) is 4.79 Å². The number of aromatic nitrogens is 1. The summed E-state index contributed by atoms with van der Waals surface area (Å²) in [5.41, 5.74) is 1.71. The van der Waals surface area contributed by atoms with Gasteiger partial charge in [0.1, 0.15) is 18.3 Å². The molecule has 3 rings (SSSR count). The second kappa shape index (κ2) is 8.53. The highest BCUT2D eigenvalue weighted by Crippen LogP contribution is 2.39. The molecule has 8 heteroatoms. The van der Waals surface area contributed by atoms with Gasteiger partial charge in [0, 0.05) is 12.8 Å². The molecule has 1 aromatic carbocycles. The van der Waals surface area contributed by atoms with Gasteiger partial charge in [-0.25, -0.2) is 4.98 Å². The minimum atomic E-state index is -4.36. The molecular weight excluding hydrogens is 399 g/mol. The van der Waals surface area contributed by atoms with E-state index in [1.165, 1.54) is 12.1 Å². The second-order valence-corrected chi connectivity index (χ2v) is 7.73. The minimum absolute atomic E-state index is 0.0525. The first-order valence-electron chi connectivity index (χ1n) is 9.77. The van der Waals surface area contributed by atoms with Crippen LogP contribution < -0.4 is 0 Å². The van der Waals surface area contributed by atoms with E-state index in [1.54, 1.807) is 0 Å². The van der Waals surface area contributed by atoms with Crippen LogP contribution in [0.4, 0.5) is 13.2 Å². The molecule has 1 aromatic heterocycles. The smallest absolute Gasteiger partial charge is 0.416 e. The van der Waals surface area contributed by atoms with Crippen molar-refractivity contribution in [2.45, 2.75) is 64.7 Å². The Hall–Kier alpha value is -2.77. The van der Waals surface area contributed by atoms with Gasteiger partial charge in [-0.1, -0.05) is 26.0 Å². The van der Waals surface area contributed by atoms with Crippen molar-refractivity contribution in [3.63, 3.8) is 0 Å². The normalized spacial score (nSPS) is 17.0. The van der Waals surface area contributed by atoms with Gasteiger partial charge in [-0.2, -0.15) is 13.2 Å². The molecule has 1 unspecified atom stereocenters. The van der Waals surface area contributed by atoms with Gasteiger partial charge in [0.25, 0.3) is 0 Å². The Kier molecular flexibility index (Phi) is 6.24. The Morgan fingerprint density at radius 1 is 1.23 bits per heavy atom. The second-order valence-electron chi connectivity index (χ2n) is 7.73. The topological polar surface area (TPSA) is 72.6 Å². The zero-order valence-corrected chi connectivity index (χ0v) is 17.0. The number of carbonyl (C=O) groups is 1. The molecule has 0 amide bonds. The Labute approximate surface area is 172 Å². The van der Waals surface area contributed by atoms with E-state index in [4.69, 9.17) is 14.3 Å². The van der Waals surface area contributed by atoms with Crippen LogP contribution in [0.15, 0.2) is 40.0 Å². The molecule has 1 N–H and O–H groups in total. The molecule has 1 aliphatic heterocycles. The number of halogens is 3. The lowest BCUT2D eigenvalue weighted by Crippen LogP contribution is -2.05. The van der Waals surface area contributed by atoms with Gasteiger partial charge in [0.05, 0.1) is 17.0 Å². The molecule has 5 nitrogen and oxygen atoms in total. The molecule has 0 radical (unpaired) electrons. The van der Waals surface area contributed by atoms with E-state index >= 15 is 0 Å². The van der Waals surface area contributed by atoms with Crippen LogP contribution in [-0.2, 0) is 28.5 Å². The minimum Gasteiger partial charge on any atom is -0.490 e. The summed E-state index contributed by atoms with van der Waals surface area (Å²) >= 11 is 0. The highest BCUT2D eigenvalue weighted by molar-refractivity contribution is 5.69. The van der Waals surface area contributed by atoms with Gasteiger partial charge < -0.3 is 14.3 Å². The number of nitrogens with zero attached hydrogens (tertiary/aromatic N) is 1. The molecule has 0 fully saturated rings. The fourth-order valence-electron chi connectivity index (χ4n) is 3.55. The predicted octanol–water partition coefficient (Wildman–Crippen LogP) is 5.81. The maximum Gasteiger partial charge on any atom is 0.416 e. The van der Waals surface area contributed by atoms with Gasteiger partial charge in [0.15, 0.2) is 5.89 Å². The summed E-state index contributed by atoms with van der Waals surface area (Å²) < 4.78 is 49.8. The van der Waals surface area contributed by atoms with Crippen LogP contribution in [0.1, 0.15) is 74.1 Å². The summed E-state index contributed by atoms with van der Waals surface area (Å²) in [6.45, 7) is 5.70. The largest absolute Gasteiger partial charge is 0.490 e. The van der Waals surface area contributed by atoms with Crippen molar-refractivity contribution >= 4 is 5.97 Å². The van der Waals surface area contributed by atoms with E-state index in [2.05, 4.69) is 4.98 Å². The molecule has 2 heterocycles.